The Morgan fingerprint density at radius 1 is 0.943 bits per heavy atom. The SMILES string of the molecule is Cn1cncc1C(O)(c1ccc(Cl)cc1)c1ccc2c(c1)c(-c1cccc(Cl)c1)cn2S(C)(=O)=O. The molecule has 0 aliphatic rings. The van der Waals surface area contributed by atoms with E-state index >= 15 is 0 Å². The topological polar surface area (TPSA) is 77.1 Å². The van der Waals surface area contributed by atoms with Crippen LogP contribution in [0.2, 0.25) is 10.0 Å². The number of nitrogens with zero attached hydrogens (tertiary/aromatic N) is 3. The van der Waals surface area contributed by atoms with Gasteiger partial charge >= 0.3 is 0 Å². The smallest absolute Gasteiger partial charge is 0.236 e. The number of halogens is 2. The molecule has 0 aliphatic heterocycles. The third-order valence-electron chi connectivity index (χ3n) is 6.13. The average molecular weight is 526 g/mol. The van der Waals surface area contributed by atoms with Crippen molar-refractivity contribution in [3.63, 3.8) is 0 Å². The molecular weight excluding hydrogens is 505 g/mol. The summed E-state index contributed by atoms with van der Waals surface area (Å²) in [5.41, 5.74) is 2.04. The summed E-state index contributed by atoms with van der Waals surface area (Å²) in [7, 11) is -1.78. The largest absolute Gasteiger partial charge is 0.374 e. The molecule has 35 heavy (non-hydrogen) atoms. The van der Waals surface area contributed by atoms with E-state index in [1.807, 2.05) is 18.2 Å². The number of hydrogen-bond acceptors (Lipinski definition) is 4. The molecule has 178 valence electrons. The summed E-state index contributed by atoms with van der Waals surface area (Å²) in [5.74, 6) is 0. The minimum atomic E-state index is -3.59. The molecule has 2 heterocycles. The summed E-state index contributed by atoms with van der Waals surface area (Å²) in [6.07, 6.45) is 5.97. The zero-order valence-corrected chi connectivity index (χ0v) is 21.2. The van der Waals surface area contributed by atoms with E-state index in [2.05, 4.69) is 4.98 Å². The maximum atomic E-state index is 12.6. The quantitative estimate of drug-likeness (QED) is 0.331. The van der Waals surface area contributed by atoms with Crippen molar-refractivity contribution >= 4 is 44.1 Å². The first-order chi connectivity index (χ1) is 16.6. The van der Waals surface area contributed by atoms with Crippen LogP contribution in [-0.2, 0) is 22.7 Å². The highest BCUT2D eigenvalue weighted by Gasteiger charge is 2.37. The van der Waals surface area contributed by atoms with E-state index in [1.165, 1.54) is 3.97 Å². The molecule has 0 fully saturated rings. The predicted octanol–water partition coefficient (Wildman–Crippen LogP) is 5.44. The van der Waals surface area contributed by atoms with E-state index in [1.54, 1.807) is 78.9 Å². The number of benzene rings is 3. The van der Waals surface area contributed by atoms with Gasteiger partial charge in [-0.1, -0.05) is 53.5 Å². The molecule has 5 aromatic rings. The number of aryl methyl sites for hydroxylation is 1. The van der Waals surface area contributed by atoms with Crippen LogP contribution in [0.5, 0.6) is 0 Å². The van der Waals surface area contributed by atoms with E-state index in [-0.39, 0.29) is 0 Å². The van der Waals surface area contributed by atoms with Crippen LogP contribution in [0.4, 0.5) is 0 Å². The van der Waals surface area contributed by atoms with Gasteiger partial charge in [0, 0.05) is 34.2 Å². The van der Waals surface area contributed by atoms with Crippen LogP contribution in [0.25, 0.3) is 22.0 Å². The standard InChI is InChI=1S/C26H21Cl2N3O3S/c1-30-16-29-14-25(30)26(32,18-6-9-20(27)10-7-18)19-8-11-24-22(13-19)23(15-31(24)35(2,33)34)17-4-3-5-21(28)12-17/h3-16,32H,1-2H3. The summed E-state index contributed by atoms with van der Waals surface area (Å²) in [5, 5.41) is 14.0. The Bertz CT molecular complexity index is 1670. The highest BCUT2D eigenvalue weighted by atomic mass is 35.5. The first kappa shape index (κ1) is 23.6. The van der Waals surface area contributed by atoms with Gasteiger partial charge in [0.1, 0.15) is 0 Å². The second-order valence-corrected chi connectivity index (χ2v) is 11.2. The summed E-state index contributed by atoms with van der Waals surface area (Å²) in [6, 6.07) is 19.4. The highest BCUT2D eigenvalue weighted by Crippen LogP contribution is 2.40. The van der Waals surface area contributed by atoms with Crippen molar-refractivity contribution in [1.29, 1.82) is 0 Å². The molecule has 2 aromatic heterocycles. The molecule has 1 N–H and O–H groups in total. The van der Waals surface area contributed by atoms with Gasteiger partial charge in [-0.15, -0.1) is 0 Å². The van der Waals surface area contributed by atoms with Crippen LogP contribution in [0.15, 0.2) is 85.5 Å². The zero-order valence-electron chi connectivity index (χ0n) is 18.9. The van der Waals surface area contributed by atoms with Gasteiger partial charge in [0.05, 0.1) is 30.0 Å². The van der Waals surface area contributed by atoms with Crippen molar-refractivity contribution in [2.75, 3.05) is 6.26 Å². The van der Waals surface area contributed by atoms with Crippen LogP contribution >= 0.6 is 23.2 Å². The van der Waals surface area contributed by atoms with Gasteiger partial charge < -0.3 is 9.67 Å². The number of aromatic nitrogens is 3. The number of rotatable bonds is 5. The molecule has 0 saturated carbocycles. The molecule has 0 amide bonds. The van der Waals surface area contributed by atoms with Crippen LogP contribution < -0.4 is 0 Å². The minimum absolute atomic E-state index is 0.495. The minimum Gasteiger partial charge on any atom is -0.374 e. The van der Waals surface area contributed by atoms with E-state index in [0.717, 1.165) is 11.8 Å². The lowest BCUT2D eigenvalue weighted by molar-refractivity contribution is 0.117. The van der Waals surface area contributed by atoms with Gasteiger partial charge in [0.2, 0.25) is 10.0 Å². The molecular formula is C26H21Cl2N3O3S. The molecule has 0 spiro atoms. The van der Waals surface area contributed by atoms with Crippen LogP contribution in [0.3, 0.4) is 0 Å². The second-order valence-electron chi connectivity index (χ2n) is 8.45. The third-order valence-corrected chi connectivity index (χ3v) is 7.63. The van der Waals surface area contributed by atoms with Crippen LogP contribution in [0.1, 0.15) is 16.8 Å². The van der Waals surface area contributed by atoms with Crippen molar-refractivity contribution < 1.29 is 13.5 Å². The van der Waals surface area contributed by atoms with E-state index < -0.39 is 15.6 Å². The second kappa shape index (κ2) is 8.53. The Morgan fingerprint density at radius 3 is 2.29 bits per heavy atom. The number of aliphatic hydroxyl groups is 1. The van der Waals surface area contributed by atoms with Crippen LogP contribution in [-0.4, -0.2) is 33.3 Å². The monoisotopic (exact) mass is 525 g/mol. The fraction of sp³-hybridized carbons (Fsp3) is 0.115. The lowest BCUT2D eigenvalue weighted by Crippen LogP contribution is -2.31. The number of hydrogen-bond donors (Lipinski definition) is 1. The van der Waals surface area contributed by atoms with Gasteiger partial charge in [-0.25, -0.2) is 17.4 Å². The Morgan fingerprint density at radius 2 is 1.66 bits per heavy atom. The van der Waals surface area contributed by atoms with Gasteiger partial charge in [-0.3, -0.25) is 0 Å². The lowest BCUT2D eigenvalue weighted by atomic mass is 9.83. The molecule has 1 atom stereocenters. The van der Waals surface area contributed by atoms with E-state index in [4.69, 9.17) is 23.2 Å². The van der Waals surface area contributed by atoms with E-state index in [0.29, 0.717) is 43.3 Å². The molecule has 0 bridgehead atoms. The predicted molar refractivity (Wildman–Crippen MR) is 139 cm³/mol. The maximum Gasteiger partial charge on any atom is 0.236 e. The molecule has 6 nitrogen and oxygen atoms in total. The van der Waals surface area contributed by atoms with Gasteiger partial charge in [-0.2, -0.15) is 0 Å². The molecule has 3 aromatic carbocycles. The Labute approximate surface area is 213 Å². The Hall–Kier alpha value is -3.10. The molecule has 1 unspecified atom stereocenters. The van der Waals surface area contributed by atoms with E-state index in [9.17, 15) is 13.5 Å². The summed E-state index contributed by atoms with van der Waals surface area (Å²) in [4.78, 5) is 4.21. The first-order valence-corrected chi connectivity index (χ1v) is 13.3. The van der Waals surface area contributed by atoms with Crippen LogP contribution in [0, 0.1) is 0 Å². The Balaban J connectivity index is 1.84. The molecule has 5 rings (SSSR count). The normalized spacial score (nSPS) is 13.7. The fourth-order valence-corrected chi connectivity index (χ4v) is 5.57. The maximum absolute atomic E-state index is 12.6. The summed E-state index contributed by atoms with van der Waals surface area (Å²) >= 11 is 12.4. The molecule has 0 aliphatic carbocycles. The first-order valence-electron chi connectivity index (χ1n) is 10.7. The molecule has 9 heteroatoms. The lowest BCUT2D eigenvalue weighted by Gasteiger charge is -2.30. The summed E-state index contributed by atoms with van der Waals surface area (Å²) in [6.45, 7) is 0. The van der Waals surface area contributed by atoms with Gasteiger partial charge in [-0.05, 0) is 53.1 Å². The summed E-state index contributed by atoms with van der Waals surface area (Å²) < 4.78 is 28.2. The Kier molecular flexibility index (Phi) is 5.76. The van der Waals surface area contributed by atoms with Crippen molar-refractivity contribution in [1.82, 2.24) is 13.5 Å². The highest BCUT2D eigenvalue weighted by molar-refractivity contribution is 7.89. The zero-order chi connectivity index (χ0) is 25.0. The molecule has 0 radical (unpaired) electrons. The third kappa shape index (κ3) is 4.04. The van der Waals surface area contributed by atoms with Crippen molar-refractivity contribution in [3.05, 3.63) is 112 Å². The number of imidazole rings is 1. The average Bonchev–Trinajstić information content (AvgIpc) is 3.42. The van der Waals surface area contributed by atoms with Crippen molar-refractivity contribution in [2.24, 2.45) is 7.05 Å². The van der Waals surface area contributed by atoms with Crippen molar-refractivity contribution in [3.8, 4) is 11.1 Å². The fourth-order valence-electron chi connectivity index (χ4n) is 4.45. The van der Waals surface area contributed by atoms with Gasteiger partial charge in [0.15, 0.2) is 5.60 Å². The van der Waals surface area contributed by atoms with Crippen molar-refractivity contribution in [2.45, 2.75) is 5.60 Å². The van der Waals surface area contributed by atoms with Gasteiger partial charge in [0.25, 0.3) is 0 Å². The number of fused-ring (bicyclic) bond motifs is 1. The molecule has 0 saturated heterocycles.